The number of thiophene rings is 1. The van der Waals surface area contributed by atoms with Crippen LogP contribution in [0.3, 0.4) is 0 Å². The van der Waals surface area contributed by atoms with Gasteiger partial charge in [-0.15, -0.1) is 23.7 Å². The third-order valence-electron chi connectivity index (χ3n) is 2.43. The number of rotatable bonds is 2. The van der Waals surface area contributed by atoms with Crippen molar-refractivity contribution in [3.8, 4) is 0 Å². The van der Waals surface area contributed by atoms with Gasteiger partial charge in [0.05, 0.1) is 0 Å². The van der Waals surface area contributed by atoms with E-state index in [2.05, 4.69) is 30.5 Å². The van der Waals surface area contributed by atoms with E-state index >= 15 is 0 Å². The molecular weight excluding hydrogens is 214 g/mol. The molecule has 0 unspecified atom stereocenters. The summed E-state index contributed by atoms with van der Waals surface area (Å²) >= 11 is 1.80. The first-order valence-corrected chi connectivity index (χ1v) is 5.36. The van der Waals surface area contributed by atoms with Gasteiger partial charge in [-0.3, -0.25) is 0 Å². The van der Waals surface area contributed by atoms with E-state index in [4.69, 9.17) is 5.73 Å². The lowest BCUT2D eigenvalue weighted by molar-refractivity contribution is 0.961. The Balaban J connectivity index is 0.000000980. The SMILES string of the molecule is Cc1c(CCN)ccc2sccc12.Cl. The molecule has 0 atom stereocenters. The minimum Gasteiger partial charge on any atom is -0.330 e. The van der Waals surface area contributed by atoms with Gasteiger partial charge in [0.1, 0.15) is 0 Å². The molecule has 0 saturated heterocycles. The summed E-state index contributed by atoms with van der Waals surface area (Å²) in [7, 11) is 0. The molecule has 2 aromatic rings. The highest BCUT2D eigenvalue weighted by atomic mass is 35.5. The maximum absolute atomic E-state index is 5.55. The van der Waals surface area contributed by atoms with Crippen LogP contribution in [0.1, 0.15) is 11.1 Å². The lowest BCUT2D eigenvalue weighted by Crippen LogP contribution is -2.03. The van der Waals surface area contributed by atoms with E-state index in [9.17, 15) is 0 Å². The molecule has 2 rings (SSSR count). The van der Waals surface area contributed by atoms with E-state index in [0.29, 0.717) is 0 Å². The van der Waals surface area contributed by atoms with Crippen molar-refractivity contribution in [2.45, 2.75) is 13.3 Å². The fourth-order valence-electron chi connectivity index (χ4n) is 1.66. The molecule has 1 nitrogen and oxygen atoms in total. The number of halogens is 1. The molecule has 1 aromatic heterocycles. The lowest BCUT2D eigenvalue weighted by Gasteiger charge is -2.04. The first-order valence-electron chi connectivity index (χ1n) is 4.48. The summed E-state index contributed by atoms with van der Waals surface area (Å²) in [6.45, 7) is 2.91. The van der Waals surface area contributed by atoms with E-state index in [-0.39, 0.29) is 12.4 Å². The van der Waals surface area contributed by atoms with Gasteiger partial charge in [0.2, 0.25) is 0 Å². The quantitative estimate of drug-likeness (QED) is 0.838. The van der Waals surface area contributed by atoms with E-state index < -0.39 is 0 Å². The second-order valence-electron chi connectivity index (χ2n) is 3.22. The molecule has 1 heterocycles. The number of nitrogens with two attached hydrogens (primary N) is 1. The predicted molar refractivity (Wildman–Crippen MR) is 66.6 cm³/mol. The Labute approximate surface area is 94.3 Å². The molecule has 0 aliphatic heterocycles. The van der Waals surface area contributed by atoms with Crippen LogP contribution in [-0.4, -0.2) is 6.54 Å². The second-order valence-corrected chi connectivity index (χ2v) is 4.17. The van der Waals surface area contributed by atoms with Crippen LogP contribution in [-0.2, 0) is 6.42 Å². The van der Waals surface area contributed by atoms with Crippen LogP contribution in [0.5, 0.6) is 0 Å². The summed E-state index contributed by atoms with van der Waals surface area (Å²) in [6, 6.07) is 6.58. The maximum Gasteiger partial charge on any atom is 0.0345 e. The summed E-state index contributed by atoms with van der Waals surface area (Å²) in [5, 5.41) is 3.53. The van der Waals surface area contributed by atoms with Crippen molar-refractivity contribution < 1.29 is 0 Å². The van der Waals surface area contributed by atoms with Gasteiger partial charge in [-0.25, -0.2) is 0 Å². The molecular formula is C11H14ClNS. The van der Waals surface area contributed by atoms with Gasteiger partial charge in [-0.05, 0) is 53.9 Å². The number of hydrogen-bond donors (Lipinski definition) is 1. The Morgan fingerprint density at radius 2 is 2.07 bits per heavy atom. The Bertz CT molecular complexity index is 422. The standard InChI is InChI=1S/C11H13NS.ClH/c1-8-9(4-6-12)2-3-11-10(8)5-7-13-11;/h2-3,5,7H,4,6,12H2,1H3;1H. The highest BCUT2D eigenvalue weighted by Crippen LogP contribution is 2.26. The summed E-state index contributed by atoms with van der Waals surface area (Å²) in [4.78, 5) is 0. The Morgan fingerprint density at radius 1 is 1.29 bits per heavy atom. The van der Waals surface area contributed by atoms with Crippen LogP contribution >= 0.6 is 23.7 Å². The smallest absolute Gasteiger partial charge is 0.0345 e. The predicted octanol–water partition coefficient (Wildman–Crippen LogP) is 3.13. The maximum atomic E-state index is 5.55. The first kappa shape index (κ1) is 11.5. The minimum atomic E-state index is 0. The van der Waals surface area contributed by atoms with Gasteiger partial charge >= 0.3 is 0 Å². The molecule has 0 bridgehead atoms. The zero-order valence-corrected chi connectivity index (χ0v) is 9.75. The van der Waals surface area contributed by atoms with Crippen molar-refractivity contribution in [3.63, 3.8) is 0 Å². The molecule has 76 valence electrons. The first-order chi connectivity index (χ1) is 6.33. The largest absolute Gasteiger partial charge is 0.330 e. The molecule has 2 N–H and O–H groups in total. The van der Waals surface area contributed by atoms with Crippen LogP contribution in [0.15, 0.2) is 23.6 Å². The molecule has 0 fully saturated rings. The Morgan fingerprint density at radius 3 is 2.79 bits per heavy atom. The highest BCUT2D eigenvalue weighted by Gasteiger charge is 2.02. The fraction of sp³-hybridized carbons (Fsp3) is 0.273. The van der Waals surface area contributed by atoms with Crippen LogP contribution in [0, 0.1) is 6.92 Å². The van der Waals surface area contributed by atoms with Crippen molar-refractivity contribution in [1.29, 1.82) is 0 Å². The van der Waals surface area contributed by atoms with Crippen LogP contribution in [0.25, 0.3) is 10.1 Å². The van der Waals surface area contributed by atoms with E-state index in [1.54, 1.807) is 11.3 Å². The van der Waals surface area contributed by atoms with Crippen LogP contribution < -0.4 is 5.73 Å². The number of benzene rings is 1. The fourth-order valence-corrected chi connectivity index (χ4v) is 2.51. The van der Waals surface area contributed by atoms with Gasteiger partial charge in [-0.2, -0.15) is 0 Å². The Kier molecular flexibility index (Phi) is 3.93. The zero-order valence-electron chi connectivity index (χ0n) is 8.12. The van der Waals surface area contributed by atoms with Crippen molar-refractivity contribution in [1.82, 2.24) is 0 Å². The van der Waals surface area contributed by atoms with Crippen molar-refractivity contribution in [3.05, 3.63) is 34.7 Å². The molecule has 3 heteroatoms. The third kappa shape index (κ3) is 1.92. The highest BCUT2D eigenvalue weighted by molar-refractivity contribution is 7.17. The topological polar surface area (TPSA) is 26.0 Å². The summed E-state index contributed by atoms with van der Waals surface area (Å²) < 4.78 is 1.37. The van der Waals surface area contributed by atoms with Gasteiger partial charge in [-0.1, -0.05) is 6.07 Å². The molecule has 14 heavy (non-hydrogen) atoms. The second kappa shape index (κ2) is 4.78. The Hall–Kier alpha value is -0.570. The monoisotopic (exact) mass is 227 g/mol. The van der Waals surface area contributed by atoms with E-state index in [0.717, 1.165) is 13.0 Å². The normalized spacial score (nSPS) is 10.1. The van der Waals surface area contributed by atoms with Crippen LogP contribution in [0.4, 0.5) is 0 Å². The number of hydrogen-bond acceptors (Lipinski definition) is 2. The summed E-state index contributed by atoms with van der Waals surface area (Å²) in [6.07, 6.45) is 0.984. The van der Waals surface area contributed by atoms with Gasteiger partial charge in [0, 0.05) is 4.70 Å². The van der Waals surface area contributed by atoms with Crippen molar-refractivity contribution in [2.24, 2.45) is 5.73 Å². The molecule has 0 saturated carbocycles. The van der Waals surface area contributed by atoms with Crippen molar-refractivity contribution >= 4 is 33.8 Å². The summed E-state index contributed by atoms with van der Waals surface area (Å²) in [5.74, 6) is 0. The van der Waals surface area contributed by atoms with Crippen molar-refractivity contribution in [2.75, 3.05) is 6.54 Å². The van der Waals surface area contributed by atoms with Gasteiger partial charge in [0.25, 0.3) is 0 Å². The molecule has 0 aliphatic rings. The van der Waals surface area contributed by atoms with Crippen LogP contribution in [0.2, 0.25) is 0 Å². The van der Waals surface area contributed by atoms with E-state index in [1.807, 2.05) is 0 Å². The molecule has 0 spiro atoms. The molecule has 0 amide bonds. The zero-order chi connectivity index (χ0) is 9.26. The minimum absolute atomic E-state index is 0. The average molecular weight is 228 g/mol. The summed E-state index contributed by atoms with van der Waals surface area (Å²) in [5.41, 5.74) is 8.33. The third-order valence-corrected chi connectivity index (χ3v) is 3.31. The average Bonchev–Trinajstić information content (AvgIpc) is 2.58. The molecule has 0 aliphatic carbocycles. The van der Waals surface area contributed by atoms with E-state index in [1.165, 1.54) is 21.2 Å². The van der Waals surface area contributed by atoms with Gasteiger partial charge < -0.3 is 5.73 Å². The molecule has 1 aromatic carbocycles. The number of aryl methyl sites for hydroxylation is 1. The molecule has 0 radical (unpaired) electrons. The number of fused-ring (bicyclic) bond motifs is 1. The lowest BCUT2D eigenvalue weighted by atomic mass is 10.0. The van der Waals surface area contributed by atoms with Gasteiger partial charge in [0.15, 0.2) is 0 Å².